The standard InChI is InChI=1S/C14H21NO4/c1-10(17)14-12(4-3-5-13(14)18-2)15-6-7-19-11(8-15)9-16/h3-5,10-11,16-17H,6-9H2,1-2H3. The Morgan fingerprint density at radius 1 is 1.53 bits per heavy atom. The lowest BCUT2D eigenvalue weighted by molar-refractivity contribution is 0.00341. The average Bonchev–Trinajstić information content (AvgIpc) is 2.46. The van der Waals surface area contributed by atoms with Gasteiger partial charge in [-0.05, 0) is 19.1 Å². The molecule has 1 aromatic carbocycles. The molecule has 2 unspecified atom stereocenters. The Balaban J connectivity index is 2.33. The van der Waals surface area contributed by atoms with Gasteiger partial charge in [-0.1, -0.05) is 6.07 Å². The minimum absolute atomic E-state index is 0.00444. The summed E-state index contributed by atoms with van der Waals surface area (Å²) in [7, 11) is 1.60. The third kappa shape index (κ3) is 3.00. The molecular weight excluding hydrogens is 246 g/mol. The van der Waals surface area contributed by atoms with Crippen molar-refractivity contribution in [3.8, 4) is 5.75 Å². The number of nitrogens with zero attached hydrogens (tertiary/aromatic N) is 1. The van der Waals surface area contributed by atoms with E-state index >= 15 is 0 Å². The topological polar surface area (TPSA) is 62.2 Å². The van der Waals surface area contributed by atoms with Gasteiger partial charge >= 0.3 is 0 Å². The monoisotopic (exact) mass is 267 g/mol. The number of ether oxygens (including phenoxy) is 2. The number of methoxy groups -OCH3 is 1. The Kier molecular flexibility index (Phi) is 4.63. The second-order valence-corrected chi connectivity index (χ2v) is 4.69. The number of hydrogen-bond donors (Lipinski definition) is 2. The normalized spacial score (nSPS) is 21.3. The van der Waals surface area contributed by atoms with Crippen molar-refractivity contribution in [1.82, 2.24) is 0 Å². The zero-order chi connectivity index (χ0) is 13.8. The van der Waals surface area contributed by atoms with Crippen LogP contribution in [0.1, 0.15) is 18.6 Å². The van der Waals surface area contributed by atoms with E-state index in [1.54, 1.807) is 14.0 Å². The third-order valence-corrected chi connectivity index (χ3v) is 3.36. The van der Waals surface area contributed by atoms with Gasteiger partial charge in [-0.15, -0.1) is 0 Å². The van der Waals surface area contributed by atoms with Crippen molar-refractivity contribution in [3.63, 3.8) is 0 Å². The Bertz CT molecular complexity index is 422. The van der Waals surface area contributed by atoms with Gasteiger partial charge in [-0.3, -0.25) is 0 Å². The van der Waals surface area contributed by atoms with Crippen LogP contribution < -0.4 is 9.64 Å². The van der Waals surface area contributed by atoms with Crippen LogP contribution in [0.3, 0.4) is 0 Å². The summed E-state index contributed by atoms with van der Waals surface area (Å²) in [5, 5.41) is 19.2. The summed E-state index contributed by atoms with van der Waals surface area (Å²) in [5.41, 5.74) is 1.72. The van der Waals surface area contributed by atoms with E-state index in [9.17, 15) is 10.2 Å². The predicted octanol–water partition coefficient (Wildman–Crippen LogP) is 0.946. The minimum atomic E-state index is -0.610. The Labute approximate surface area is 113 Å². The second-order valence-electron chi connectivity index (χ2n) is 4.69. The maximum Gasteiger partial charge on any atom is 0.126 e. The minimum Gasteiger partial charge on any atom is -0.496 e. The molecule has 0 aromatic heterocycles. The Morgan fingerprint density at radius 2 is 2.32 bits per heavy atom. The maximum atomic E-state index is 9.98. The van der Waals surface area contributed by atoms with Gasteiger partial charge in [0.25, 0.3) is 0 Å². The van der Waals surface area contributed by atoms with Gasteiger partial charge in [0.1, 0.15) is 5.75 Å². The van der Waals surface area contributed by atoms with Crippen molar-refractivity contribution in [3.05, 3.63) is 23.8 Å². The lowest BCUT2D eigenvalue weighted by Crippen LogP contribution is -2.44. The van der Waals surface area contributed by atoms with Crippen molar-refractivity contribution in [2.45, 2.75) is 19.1 Å². The highest BCUT2D eigenvalue weighted by atomic mass is 16.5. The van der Waals surface area contributed by atoms with Gasteiger partial charge in [0, 0.05) is 24.3 Å². The lowest BCUT2D eigenvalue weighted by atomic mass is 10.0. The van der Waals surface area contributed by atoms with Gasteiger partial charge in [0.15, 0.2) is 0 Å². The molecule has 0 bridgehead atoms. The first-order valence-electron chi connectivity index (χ1n) is 6.49. The van der Waals surface area contributed by atoms with Crippen LogP contribution in [0.4, 0.5) is 5.69 Å². The van der Waals surface area contributed by atoms with Crippen molar-refractivity contribution in [2.24, 2.45) is 0 Å². The van der Waals surface area contributed by atoms with Crippen LogP contribution >= 0.6 is 0 Å². The van der Waals surface area contributed by atoms with Gasteiger partial charge in [0.05, 0.1) is 32.5 Å². The molecule has 0 saturated carbocycles. The highest BCUT2D eigenvalue weighted by Gasteiger charge is 2.24. The molecule has 0 radical (unpaired) electrons. The smallest absolute Gasteiger partial charge is 0.126 e. The fraction of sp³-hybridized carbons (Fsp3) is 0.571. The number of morpholine rings is 1. The molecule has 1 fully saturated rings. The molecule has 5 nitrogen and oxygen atoms in total. The molecule has 1 heterocycles. The molecule has 2 atom stereocenters. The fourth-order valence-corrected chi connectivity index (χ4v) is 2.45. The fourth-order valence-electron chi connectivity index (χ4n) is 2.45. The van der Waals surface area contributed by atoms with E-state index in [0.29, 0.717) is 18.9 Å². The molecular formula is C14H21NO4. The first kappa shape index (κ1) is 14.1. The number of anilines is 1. The number of benzene rings is 1. The van der Waals surface area contributed by atoms with E-state index in [2.05, 4.69) is 4.90 Å². The summed E-state index contributed by atoms with van der Waals surface area (Å²) in [6.45, 7) is 3.66. The van der Waals surface area contributed by atoms with Crippen LogP contribution in [0.15, 0.2) is 18.2 Å². The first-order chi connectivity index (χ1) is 9.17. The molecule has 1 aliphatic heterocycles. The zero-order valence-corrected chi connectivity index (χ0v) is 11.4. The number of aliphatic hydroxyl groups excluding tert-OH is 2. The van der Waals surface area contributed by atoms with Gasteiger partial charge in [-0.2, -0.15) is 0 Å². The highest BCUT2D eigenvalue weighted by Crippen LogP contribution is 2.35. The molecule has 0 aliphatic carbocycles. The molecule has 19 heavy (non-hydrogen) atoms. The van der Waals surface area contributed by atoms with E-state index in [1.165, 1.54) is 0 Å². The van der Waals surface area contributed by atoms with Crippen LogP contribution in [0.2, 0.25) is 0 Å². The Hall–Kier alpha value is -1.30. The molecule has 2 N–H and O–H groups in total. The first-order valence-corrected chi connectivity index (χ1v) is 6.49. The van der Waals surface area contributed by atoms with Crippen molar-refractivity contribution < 1.29 is 19.7 Å². The van der Waals surface area contributed by atoms with E-state index in [-0.39, 0.29) is 12.7 Å². The largest absolute Gasteiger partial charge is 0.496 e. The van der Waals surface area contributed by atoms with Crippen LogP contribution in [0, 0.1) is 0 Å². The molecule has 1 aromatic rings. The van der Waals surface area contributed by atoms with E-state index < -0.39 is 6.10 Å². The molecule has 5 heteroatoms. The maximum absolute atomic E-state index is 9.98. The van der Waals surface area contributed by atoms with Crippen LogP contribution in [0.25, 0.3) is 0 Å². The summed E-state index contributed by atoms with van der Waals surface area (Å²) in [6, 6.07) is 5.71. The average molecular weight is 267 g/mol. The Morgan fingerprint density at radius 3 is 2.95 bits per heavy atom. The molecule has 0 spiro atoms. The van der Waals surface area contributed by atoms with Crippen LogP contribution in [-0.2, 0) is 4.74 Å². The van der Waals surface area contributed by atoms with Crippen LogP contribution in [0.5, 0.6) is 5.75 Å². The summed E-state index contributed by atoms with van der Waals surface area (Å²) in [4.78, 5) is 2.12. The highest BCUT2D eigenvalue weighted by molar-refractivity contribution is 5.60. The van der Waals surface area contributed by atoms with E-state index in [1.807, 2.05) is 18.2 Å². The molecule has 1 aliphatic rings. The van der Waals surface area contributed by atoms with Crippen molar-refractivity contribution in [2.75, 3.05) is 38.3 Å². The summed E-state index contributed by atoms with van der Waals surface area (Å²) >= 11 is 0. The SMILES string of the molecule is COc1cccc(N2CCOC(CO)C2)c1C(C)O. The van der Waals surface area contributed by atoms with Gasteiger partial charge < -0.3 is 24.6 Å². The van der Waals surface area contributed by atoms with Crippen molar-refractivity contribution in [1.29, 1.82) is 0 Å². The predicted molar refractivity (Wildman–Crippen MR) is 72.7 cm³/mol. The quantitative estimate of drug-likeness (QED) is 0.850. The van der Waals surface area contributed by atoms with Crippen LogP contribution in [-0.4, -0.2) is 49.7 Å². The summed E-state index contributed by atoms with van der Waals surface area (Å²) < 4.78 is 10.8. The second kappa shape index (κ2) is 6.23. The van der Waals surface area contributed by atoms with Gasteiger partial charge in [0.2, 0.25) is 0 Å². The lowest BCUT2D eigenvalue weighted by Gasteiger charge is -2.35. The number of rotatable bonds is 4. The van der Waals surface area contributed by atoms with E-state index in [4.69, 9.17) is 9.47 Å². The molecule has 106 valence electrons. The molecule has 0 amide bonds. The molecule has 1 saturated heterocycles. The third-order valence-electron chi connectivity index (χ3n) is 3.36. The van der Waals surface area contributed by atoms with E-state index in [0.717, 1.165) is 17.8 Å². The zero-order valence-electron chi connectivity index (χ0n) is 11.4. The van der Waals surface area contributed by atoms with Gasteiger partial charge in [-0.25, -0.2) is 0 Å². The number of hydrogen-bond acceptors (Lipinski definition) is 5. The molecule has 2 rings (SSSR count). The summed E-state index contributed by atoms with van der Waals surface area (Å²) in [5.74, 6) is 0.680. The van der Waals surface area contributed by atoms with Crippen molar-refractivity contribution >= 4 is 5.69 Å². The summed E-state index contributed by atoms with van der Waals surface area (Å²) in [6.07, 6.45) is -0.789. The number of aliphatic hydroxyl groups is 2.